The molecule has 0 saturated carbocycles. The molecule has 0 radical (unpaired) electrons. The molecule has 0 bridgehead atoms. The van der Waals surface area contributed by atoms with Gasteiger partial charge in [0.05, 0.1) is 12.2 Å². The second-order valence-corrected chi connectivity index (χ2v) is 6.24. The third kappa shape index (κ3) is 3.51. The Balaban J connectivity index is 2.01. The highest BCUT2D eigenvalue weighted by Crippen LogP contribution is 2.21. The molecule has 0 unspecified atom stereocenters. The molecule has 0 saturated heterocycles. The van der Waals surface area contributed by atoms with Crippen LogP contribution < -0.4 is 5.56 Å². The maximum Gasteiger partial charge on any atom is 0.267 e. The molecule has 0 aliphatic rings. The molecule has 23 heavy (non-hydrogen) atoms. The molecule has 1 aromatic heterocycles. The van der Waals surface area contributed by atoms with E-state index in [0.717, 1.165) is 10.0 Å². The molecule has 0 amide bonds. The lowest BCUT2D eigenvalue weighted by molar-refractivity contribution is 0.573. The van der Waals surface area contributed by atoms with Gasteiger partial charge in [0.15, 0.2) is 0 Å². The van der Waals surface area contributed by atoms with Crippen molar-refractivity contribution in [1.29, 1.82) is 0 Å². The topological polar surface area (TPSA) is 34.9 Å². The van der Waals surface area contributed by atoms with Gasteiger partial charge in [0, 0.05) is 26.7 Å². The van der Waals surface area contributed by atoms with Crippen molar-refractivity contribution in [1.82, 2.24) is 9.78 Å². The average Bonchev–Trinajstić information content (AvgIpc) is 2.53. The zero-order valence-electron chi connectivity index (χ0n) is 11.8. The van der Waals surface area contributed by atoms with E-state index in [1.807, 2.05) is 24.3 Å². The predicted octanol–water partition coefficient (Wildman–Crippen LogP) is 4.51. The Bertz CT molecular complexity index is 889. The van der Waals surface area contributed by atoms with Crippen molar-refractivity contribution in [2.75, 3.05) is 0 Å². The zero-order chi connectivity index (χ0) is 16.4. The Kier molecular flexibility index (Phi) is 4.59. The molecule has 3 nitrogen and oxygen atoms in total. The van der Waals surface area contributed by atoms with Gasteiger partial charge in [-0.25, -0.2) is 9.07 Å². The number of hydrogen-bond donors (Lipinski definition) is 0. The lowest BCUT2D eigenvalue weighted by atomic mass is 10.1. The van der Waals surface area contributed by atoms with E-state index in [0.29, 0.717) is 5.69 Å². The molecule has 0 aliphatic carbocycles. The first kappa shape index (κ1) is 15.9. The molecule has 3 rings (SSSR count). The van der Waals surface area contributed by atoms with Crippen LogP contribution in [0, 0.1) is 5.82 Å². The van der Waals surface area contributed by atoms with Gasteiger partial charge >= 0.3 is 0 Å². The van der Waals surface area contributed by atoms with E-state index in [1.54, 1.807) is 12.1 Å². The summed E-state index contributed by atoms with van der Waals surface area (Å²) in [5, 5.41) is 4.58. The number of halogens is 3. The van der Waals surface area contributed by atoms with Crippen LogP contribution in [0.25, 0.3) is 11.3 Å². The summed E-state index contributed by atoms with van der Waals surface area (Å²) in [5.41, 5.74) is 1.42. The Morgan fingerprint density at radius 1 is 1.09 bits per heavy atom. The molecule has 0 N–H and O–H groups in total. The van der Waals surface area contributed by atoms with Gasteiger partial charge in [-0.3, -0.25) is 4.79 Å². The first-order chi connectivity index (χ1) is 11.0. The van der Waals surface area contributed by atoms with Crippen molar-refractivity contribution in [3.05, 3.63) is 85.8 Å². The second kappa shape index (κ2) is 6.64. The zero-order valence-corrected chi connectivity index (χ0v) is 14.2. The van der Waals surface area contributed by atoms with Gasteiger partial charge in [-0.15, -0.1) is 0 Å². The second-order valence-electron chi connectivity index (χ2n) is 4.92. The predicted molar refractivity (Wildman–Crippen MR) is 92.1 cm³/mol. The fourth-order valence-electron chi connectivity index (χ4n) is 2.17. The number of nitrogens with zero attached hydrogens (tertiary/aromatic N) is 2. The highest BCUT2D eigenvalue weighted by atomic mass is 79.9. The van der Waals surface area contributed by atoms with Crippen LogP contribution in [0.15, 0.2) is 63.9 Å². The van der Waals surface area contributed by atoms with Crippen molar-refractivity contribution >= 4 is 27.5 Å². The summed E-state index contributed by atoms with van der Waals surface area (Å²) in [5.74, 6) is -0.458. The monoisotopic (exact) mass is 392 g/mol. The Labute approximate surface area is 145 Å². The van der Waals surface area contributed by atoms with Crippen molar-refractivity contribution in [2.24, 2.45) is 0 Å². The Morgan fingerprint density at radius 3 is 2.52 bits per heavy atom. The lowest BCUT2D eigenvalue weighted by Gasteiger charge is -2.09. The van der Waals surface area contributed by atoms with Crippen molar-refractivity contribution in [3.8, 4) is 11.3 Å². The Morgan fingerprint density at radius 2 is 1.83 bits per heavy atom. The minimum absolute atomic E-state index is 0.0191. The average molecular weight is 394 g/mol. The van der Waals surface area contributed by atoms with Crippen LogP contribution >= 0.6 is 27.5 Å². The smallest absolute Gasteiger partial charge is 0.267 e. The van der Waals surface area contributed by atoms with Gasteiger partial charge in [0.25, 0.3) is 5.56 Å². The summed E-state index contributed by atoms with van der Waals surface area (Å²) in [6, 6.07) is 15.0. The molecule has 0 atom stereocenters. The quantitative estimate of drug-likeness (QED) is 0.656. The summed E-state index contributed by atoms with van der Waals surface area (Å²) in [6.07, 6.45) is 0. The molecule has 2 aromatic carbocycles. The van der Waals surface area contributed by atoms with Crippen LogP contribution in [0.5, 0.6) is 0 Å². The van der Waals surface area contributed by atoms with E-state index in [4.69, 9.17) is 11.6 Å². The van der Waals surface area contributed by atoms with Crippen molar-refractivity contribution in [2.45, 2.75) is 6.54 Å². The van der Waals surface area contributed by atoms with Gasteiger partial charge in [-0.2, -0.15) is 5.10 Å². The van der Waals surface area contributed by atoms with E-state index in [9.17, 15) is 9.18 Å². The minimum Gasteiger partial charge on any atom is -0.268 e. The summed E-state index contributed by atoms with van der Waals surface area (Å²) >= 11 is 9.39. The highest BCUT2D eigenvalue weighted by Gasteiger charge is 2.10. The number of benzene rings is 2. The third-order valence-electron chi connectivity index (χ3n) is 3.38. The third-order valence-corrected chi connectivity index (χ3v) is 4.26. The fourth-order valence-corrected chi connectivity index (χ4v) is 2.66. The normalized spacial score (nSPS) is 10.7. The largest absolute Gasteiger partial charge is 0.268 e. The molecule has 116 valence electrons. The summed E-state index contributed by atoms with van der Waals surface area (Å²) in [7, 11) is 0. The van der Waals surface area contributed by atoms with E-state index in [1.165, 1.54) is 22.9 Å². The van der Waals surface area contributed by atoms with Crippen LogP contribution in [0.1, 0.15) is 5.56 Å². The molecule has 3 aromatic rings. The number of rotatable bonds is 3. The summed E-state index contributed by atoms with van der Waals surface area (Å²) < 4.78 is 16.1. The highest BCUT2D eigenvalue weighted by molar-refractivity contribution is 9.10. The molecule has 0 spiro atoms. The van der Waals surface area contributed by atoms with Crippen molar-refractivity contribution < 1.29 is 4.39 Å². The maximum atomic E-state index is 13.9. The van der Waals surface area contributed by atoms with Gasteiger partial charge < -0.3 is 0 Å². The standard InChI is InChI=1S/C17H11BrClFN2O/c18-12-6-4-11(5-7-12)16-8-9-17(23)22(21-16)10-13-14(19)2-1-3-15(13)20/h1-9H,10H2. The Hall–Kier alpha value is -1.98. The van der Waals surface area contributed by atoms with Gasteiger partial charge in [-0.1, -0.05) is 45.7 Å². The maximum absolute atomic E-state index is 13.9. The van der Waals surface area contributed by atoms with Gasteiger partial charge in [0.1, 0.15) is 5.82 Å². The first-order valence-electron chi connectivity index (χ1n) is 6.81. The van der Waals surface area contributed by atoms with Gasteiger partial charge in [-0.05, 0) is 30.3 Å². The van der Waals surface area contributed by atoms with Crippen molar-refractivity contribution in [3.63, 3.8) is 0 Å². The first-order valence-corrected chi connectivity index (χ1v) is 7.99. The molecular formula is C17H11BrClFN2O. The molecule has 0 aliphatic heterocycles. The molecule has 6 heteroatoms. The minimum atomic E-state index is -0.458. The number of aromatic nitrogens is 2. The van der Waals surface area contributed by atoms with E-state index in [2.05, 4.69) is 21.0 Å². The van der Waals surface area contributed by atoms with Crippen LogP contribution in [0.3, 0.4) is 0 Å². The summed E-state index contributed by atoms with van der Waals surface area (Å²) in [6.45, 7) is -0.0191. The lowest BCUT2D eigenvalue weighted by Crippen LogP contribution is -2.23. The van der Waals surface area contributed by atoms with E-state index >= 15 is 0 Å². The SMILES string of the molecule is O=c1ccc(-c2ccc(Br)cc2)nn1Cc1c(F)cccc1Cl. The summed E-state index contributed by atoms with van der Waals surface area (Å²) in [4.78, 5) is 12.0. The van der Waals surface area contributed by atoms with Crippen LogP contribution in [0.4, 0.5) is 4.39 Å². The molecular weight excluding hydrogens is 383 g/mol. The van der Waals surface area contributed by atoms with E-state index < -0.39 is 5.82 Å². The van der Waals surface area contributed by atoms with Crippen LogP contribution in [-0.4, -0.2) is 9.78 Å². The van der Waals surface area contributed by atoms with Crippen LogP contribution in [-0.2, 0) is 6.54 Å². The number of hydrogen-bond acceptors (Lipinski definition) is 2. The van der Waals surface area contributed by atoms with E-state index in [-0.39, 0.29) is 22.7 Å². The van der Waals surface area contributed by atoms with Gasteiger partial charge in [0.2, 0.25) is 0 Å². The fraction of sp³-hybridized carbons (Fsp3) is 0.0588. The molecule has 0 fully saturated rings. The molecule has 1 heterocycles. The van der Waals surface area contributed by atoms with Crippen LogP contribution in [0.2, 0.25) is 5.02 Å².